The Morgan fingerprint density at radius 2 is 1.89 bits per heavy atom. The van der Waals surface area contributed by atoms with E-state index >= 15 is 0 Å². The molecule has 0 saturated heterocycles. The Bertz CT molecular complexity index is 362. The van der Waals surface area contributed by atoms with Gasteiger partial charge in [0.15, 0.2) is 0 Å². The Hall–Kier alpha value is -0.430. The largest absolute Gasteiger partial charge is 0.383 e. The van der Waals surface area contributed by atoms with Crippen LogP contribution >= 0.6 is 27.3 Å². The smallest absolute Gasteiger partial charge is 0.227 e. The van der Waals surface area contributed by atoms with E-state index in [0.717, 1.165) is 8.66 Å². The van der Waals surface area contributed by atoms with Gasteiger partial charge in [0.05, 0.1) is 23.4 Å². The number of hydrogen-bond acceptors (Lipinski definition) is 4. The summed E-state index contributed by atoms with van der Waals surface area (Å²) >= 11 is 4.98. The molecule has 1 aromatic heterocycles. The quantitative estimate of drug-likeness (QED) is 0.730. The highest BCUT2D eigenvalue weighted by Crippen LogP contribution is 2.22. The molecule has 0 atom stereocenters. The maximum absolute atomic E-state index is 12.1. The molecule has 102 valence electrons. The van der Waals surface area contributed by atoms with Crippen LogP contribution in [0.3, 0.4) is 0 Å². The number of amides is 1. The van der Waals surface area contributed by atoms with E-state index < -0.39 is 0 Å². The van der Waals surface area contributed by atoms with Crippen LogP contribution in [0, 0.1) is 0 Å². The number of hydrogen-bond donors (Lipinski definition) is 0. The number of methoxy groups -OCH3 is 2. The maximum Gasteiger partial charge on any atom is 0.227 e. The predicted octanol–water partition coefficient (Wildman–Crippen LogP) is 2.17. The Kier molecular flexibility index (Phi) is 7.50. The molecule has 0 radical (unpaired) electrons. The van der Waals surface area contributed by atoms with Gasteiger partial charge < -0.3 is 14.4 Å². The Labute approximate surface area is 120 Å². The lowest BCUT2D eigenvalue weighted by Gasteiger charge is -2.21. The van der Waals surface area contributed by atoms with Crippen molar-refractivity contribution >= 4 is 33.2 Å². The normalized spacial score (nSPS) is 10.6. The molecule has 0 saturated carbocycles. The highest BCUT2D eigenvalue weighted by molar-refractivity contribution is 9.11. The summed E-state index contributed by atoms with van der Waals surface area (Å²) in [5, 5.41) is 0. The number of rotatable bonds is 8. The monoisotopic (exact) mass is 335 g/mol. The highest BCUT2D eigenvalue weighted by atomic mass is 79.9. The van der Waals surface area contributed by atoms with Crippen LogP contribution in [0.15, 0.2) is 15.9 Å². The number of thiophene rings is 1. The fraction of sp³-hybridized carbons (Fsp3) is 0.583. The van der Waals surface area contributed by atoms with Crippen molar-refractivity contribution in [1.82, 2.24) is 4.90 Å². The van der Waals surface area contributed by atoms with Gasteiger partial charge in [0.2, 0.25) is 5.91 Å². The molecule has 0 N–H and O–H groups in total. The Morgan fingerprint density at radius 1 is 1.28 bits per heavy atom. The fourth-order valence-electron chi connectivity index (χ4n) is 1.47. The van der Waals surface area contributed by atoms with E-state index in [2.05, 4.69) is 15.9 Å². The van der Waals surface area contributed by atoms with Crippen LogP contribution in [-0.2, 0) is 20.7 Å². The molecule has 0 aliphatic heterocycles. The third-order valence-electron chi connectivity index (χ3n) is 2.44. The average Bonchev–Trinajstić information content (AvgIpc) is 2.75. The van der Waals surface area contributed by atoms with E-state index in [4.69, 9.17) is 9.47 Å². The number of carbonyl (C=O) groups is 1. The second kappa shape index (κ2) is 8.63. The van der Waals surface area contributed by atoms with Crippen LogP contribution in [-0.4, -0.2) is 51.3 Å². The van der Waals surface area contributed by atoms with Gasteiger partial charge in [-0.15, -0.1) is 11.3 Å². The minimum absolute atomic E-state index is 0.110. The zero-order valence-electron chi connectivity index (χ0n) is 10.6. The molecule has 0 aliphatic carbocycles. The van der Waals surface area contributed by atoms with Gasteiger partial charge in [0.1, 0.15) is 0 Å². The minimum atomic E-state index is 0.110. The molecule has 4 nitrogen and oxygen atoms in total. The summed E-state index contributed by atoms with van der Waals surface area (Å²) in [5.74, 6) is 0.110. The summed E-state index contributed by atoms with van der Waals surface area (Å²) in [4.78, 5) is 15.0. The van der Waals surface area contributed by atoms with Crippen molar-refractivity contribution in [3.63, 3.8) is 0 Å². The summed E-state index contributed by atoms with van der Waals surface area (Å²) in [6.07, 6.45) is 0.434. The van der Waals surface area contributed by atoms with E-state index in [0.29, 0.717) is 32.7 Å². The van der Waals surface area contributed by atoms with Crippen molar-refractivity contribution in [3.8, 4) is 0 Å². The lowest BCUT2D eigenvalue weighted by atomic mass is 10.3. The SMILES string of the molecule is COCCN(CCOC)C(=O)Cc1ccc(Br)s1. The molecule has 6 heteroatoms. The molecule has 1 aromatic rings. The third-order valence-corrected chi connectivity index (χ3v) is 4.06. The van der Waals surface area contributed by atoms with Crippen LogP contribution in [0.4, 0.5) is 0 Å². The summed E-state index contributed by atoms with van der Waals surface area (Å²) in [6.45, 7) is 2.30. The van der Waals surface area contributed by atoms with Gasteiger partial charge in [-0.2, -0.15) is 0 Å². The predicted molar refractivity (Wildman–Crippen MR) is 76.1 cm³/mol. The number of carbonyl (C=O) groups excluding carboxylic acids is 1. The minimum Gasteiger partial charge on any atom is -0.383 e. The number of nitrogens with zero attached hydrogens (tertiary/aromatic N) is 1. The molecule has 0 fully saturated rings. The first-order valence-corrected chi connectivity index (χ1v) is 7.28. The molecule has 1 rings (SSSR count). The van der Waals surface area contributed by atoms with Gasteiger partial charge in [-0.05, 0) is 28.1 Å². The number of halogens is 1. The number of ether oxygens (including phenoxy) is 2. The van der Waals surface area contributed by atoms with Crippen LogP contribution in [0.25, 0.3) is 0 Å². The lowest BCUT2D eigenvalue weighted by Crippen LogP contribution is -2.37. The van der Waals surface area contributed by atoms with Crippen molar-refractivity contribution in [2.45, 2.75) is 6.42 Å². The second-order valence-corrected chi connectivity index (χ2v) is 6.30. The van der Waals surface area contributed by atoms with Crippen molar-refractivity contribution in [1.29, 1.82) is 0 Å². The summed E-state index contributed by atoms with van der Waals surface area (Å²) in [7, 11) is 3.27. The van der Waals surface area contributed by atoms with Gasteiger partial charge in [0.25, 0.3) is 0 Å². The molecule has 1 amide bonds. The Morgan fingerprint density at radius 3 is 2.33 bits per heavy atom. The van der Waals surface area contributed by atoms with E-state index in [1.807, 2.05) is 12.1 Å². The molecule has 0 aromatic carbocycles. The first kappa shape index (κ1) is 15.6. The first-order valence-electron chi connectivity index (χ1n) is 5.67. The van der Waals surface area contributed by atoms with E-state index in [-0.39, 0.29) is 5.91 Å². The lowest BCUT2D eigenvalue weighted by molar-refractivity contribution is -0.131. The molecular weight excluding hydrogens is 318 g/mol. The van der Waals surface area contributed by atoms with Crippen molar-refractivity contribution in [2.75, 3.05) is 40.5 Å². The van der Waals surface area contributed by atoms with Crippen molar-refractivity contribution in [2.24, 2.45) is 0 Å². The van der Waals surface area contributed by atoms with E-state index in [1.54, 1.807) is 30.5 Å². The van der Waals surface area contributed by atoms with Crippen molar-refractivity contribution < 1.29 is 14.3 Å². The van der Waals surface area contributed by atoms with Crippen LogP contribution in [0.1, 0.15) is 4.88 Å². The topological polar surface area (TPSA) is 38.8 Å². The summed E-state index contributed by atoms with van der Waals surface area (Å²) in [5.41, 5.74) is 0. The molecule has 0 aliphatic rings. The van der Waals surface area contributed by atoms with Gasteiger partial charge in [0, 0.05) is 32.2 Å². The van der Waals surface area contributed by atoms with Crippen LogP contribution in [0.5, 0.6) is 0 Å². The van der Waals surface area contributed by atoms with Gasteiger partial charge in [-0.1, -0.05) is 0 Å². The first-order chi connectivity index (χ1) is 8.67. The van der Waals surface area contributed by atoms with E-state index in [1.165, 1.54) is 0 Å². The molecule has 0 unspecified atom stereocenters. The van der Waals surface area contributed by atoms with Gasteiger partial charge in [-0.25, -0.2) is 0 Å². The second-order valence-electron chi connectivity index (χ2n) is 3.75. The standard InChI is InChI=1S/C12H18BrNO3S/c1-16-7-5-14(6-8-17-2)12(15)9-10-3-4-11(13)18-10/h3-4H,5-9H2,1-2H3. The van der Waals surface area contributed by atoms with Gasteiger partial charge in [-0.3, -0.25) is 4.79 Å². The summed E-state index contributed by atoms with van der Waals surface area (Å²) < 4.78 is 11.1. The summed E-state index contributed by atoms with van der Waals surface area (Å²) in [6, 6.07) is 3.93. The third kappa shape index (κ3) is 5.48. The highest BCUT2D eigenvalue weighted by Gasteiger charge is 2.14. The van der Waals surface area contributed by atoms with Crippen molar-refractivity contribution in [3.05, 3.63) is 20.8 Å². The van der Waals surface area contributed by atoms with Crippen LogP contribution < -0.4 is 0 Å². The Balaban J connectivity index is 2.51. The molecular formula is C12H18BrNO3S. The van der Waals surface area contributed by atoms with E-state index in [9.17, 15) is 4.79 Å². The van der Waals surface area contributed by atoms with Gasteiger partial charge >= 0.3 is 0 Å². The maximum atomic E-state index is 12.1. The zero-order valence-corrected chi connectivity index (χ0v) is 13.1. The zero-order chi connectivity index (χ0) is 13.4. The fourth-order valence-corrected chi connectivity index (χ4v) is 2.95. The molecule has 18 heavy (non-hydrogen) atoms. The van der Waals surface area contributed by atoms with Crippen LogP contribution in [0.2, 0.25) is 0 Å². The average molecular weight is 336 g/mol. The molecule has 0 spiro atoms. The molecule has 1 heterocycles. The molecule has 0 bridgehead atoms.